The number of benzene rings is 1. The molecule has 0 amide bonds. The van der Waals surface area contributed by atoms with Crippen LogP contribution in [0.1, 0.15) is 5.82 Å². The van der Waals surface area contributed by atoms with Gasteiger partial charge in [0.1, 0.15) is 10.7 Å². The lowest BCUT2D eigenvalue weighted by molar-refractivity contribution is 0.579. The largest absolute Gasteiger partial charge is 0.399 e. The Morgan fingerprint density at radius 3 is 2.83 bits per heavy atom. The molecular formula is C10H11ClN4O2S. The van der Waals surface area contributed by atoms with Crippen molar-refractivity contribution in [1.82, 2.24) is 14.7 Å². The Labute approximate surface area is 109 Å². The Balaban J connectivity index is 2.20. The molecule has 0 aliphatic carbocycles. The van der Waals surface area contributed by atoms with Crippen LogP contribution >= 0.6 is 11.6 Å². The molecule has 0 aliphatic rings. The first-order valence-electron chi connectivity index (χ1n) is 5.02. The van der Waals surface area contributed by atoms with Crippen LogP contribution in [0.25, 0.3) is 0 Å². The van der Waals surface area contributed by atoms with Gasteiger partial charge in [-0.25, -0.2) is 18.1 Å². The molecule has 1 aromatic heterocycles. The summed E-state index contributed by atoms with van der Waals surface area (Å²) in [5.74, 6) is 0.519. The Bertz CT molecular complexity index is 640. The molecule has 6 nitrogen and oxygen atoms in total. The van der Waals surface area contributed by atoms with Crippen molar-refractivity contribution in [3.63, 3.8) is 0 Å². The van der Waals surface area contributed by atoms with E-state index in [-0.39, 0.29) is 16.5 Å². The van der Waals surface area contributed by atoms with Crippen LogP contribution in [0.2, 0.25) is 5.02 Å². The maximum absolute atomic E-state index is 12.0. The van der Waals surface area contributed by atoms with E-state index in [9.17, 15) is 8.42 Å². The molecule has 18 heavy (non-hydrogen) atoms. The zero-order valence-corrected chi connectivity index (χ0v) is 10.8. The Hall–Kier alpha value is -1.57. The highest BCUT2D eigenvalue weighted by Gasteiger charge is 2.17. The van der Waals surface area contributed by atoms with Gasteiger partial charge >= 0.3 is 0 Å². The monoisotopic (exact) mass is 286 g/mol. The number of nitrogen functional groups attached to an aromatic ring is 1. The van der Waals surface area contributed by atoms with Crippen molar-refractivity contribution in [2.45, 2.75) is 11.4 Å². The minimum absolute atomic E-state index is 0.00933. The topological polar surface area (TPSA) is 101 Å². The van der Waals surface area contributed by atoms with Crippen LogP contribution in [0, 0.1) is 0 Å². The standard InChI is InChI=1S/C10H11ClN4O2S/c11-8-5-7(12)1-2-9(8)18(16,17)15-6-10-13-3-4-14-10/h1-5,15H,6,12H2,(H,13,14). The molecule has 0 bridgehead atoms. The third-order valence-electron chi connectivity index (χ3n) is 2.23. The third-order valence-corrected chi connectivity index (χ3v) is 4.11. The lowest BCUT2D eigenvalue weighted by Crippen LogP contribution is -2.24. The molecule has 1 aromatic carbocycles. The molecule has 0 atom stereocenters. The summed E-state index contributed by atoms with van der Waals surface area (Å²) in [7, 11) is -3.68. The summed E-state index contributed by atoms with van der Waals surface area (Å²) in [6.07, 6.45) is 3.15. The normalized spacial score (nSPS) is 11.6. The van der Waals surface area contributed by atoms with Gasteiger partial charge in [-0.2, -0.15) is 0 Å². The minimum atomic E-state index is -3.68. The van der Waals surface area contributed by atoms with Gasteiger partial charge in [0.2, 0.25) is 10.0 Å². The van der Waals surface area contributed by atoms with Crippen molar-refractivity contribution in [2.75, 3.05) is 5.73 Å². The highest BCUT2D eigenvalue weighted by atomic mass is 35.5. The highest BCUT2D eigenvalue weighted by molar-refractivity contribution is 7.89. The number of nitrogens with one attached hydrogen (secondary N) is 2. The molecule has 0 saturated carbocycles. The van der Waals surface area contributed by atoms with E-state index >= 15 is 0 Å². The summed E-state index contributed by atoms with van der Waals surface area (Å²) in [5.41, 5.74) is 5.91. The van der Waals surface area contributed by atoms with Crippen LogP contribution in [-0.2, 0) is 16.6 Å². The van der Waals surface area contributed by atoms with Crippen molar-refractivity contribution in [1.29, 1.82) is 0 Å². The van der Waals surface area contributed by atoms with E-state index in [1.165, 1.54) is 18.2 Å². The van der Waals surface area contributed by atoms with E-state index in [2.05, 4.69) is 14.7 Å². The van der Waals surface area contributed by atoms with Crippen LogP contribution in [0.3, 0.4) is 0 Å². The molecule has 0 radical (unpaired) electrons. The lowest BCUT2D eigenvalue weighted by atomic mass is 10.3. The molecule has 2 rings (SSSR count). The van der Waals surface area contributed by atoms with Crippen LogP contribution in [0.4, 0.5) is 5.69 Å². The zero-order valence-electron chi connectivity index (χ0n) is 9.22. The Morgan fingerprint density at radius 1 is 1.44 bits per heavy atom. The van der Waals surface area contributed by atoms with E-state index in [1.807, 2.05) is 0 Å². The number of hydrogen-bond donors (Lipinski definition) is 3. The highest BCUT2D eigenvalue weighted by Crippen LogP contribution is 2.23. The second-order valence-corrected chi connectivity index (χ2v) is 5.69. The maximum atomic E-state index is 12.0. The molecule has 0 unspecified atom stereocenters. The average molecular weight is 287 g/mol. The molecule has 2 aromatic rings. The average Bonchev–Trinajstić information content (AvgIpc) is 2.78. The summed E-state index contributed by atoms with van der Waals surface area (Å²) in [6, 6.07) is 4.23. The Morgan fingerprint density at radius 2 is 2.22 bits per heavy atom. The van der Waals surface area contributed by atoms with Gasteiger partial charge in [-0.1, -0.05) is 11.6 Å². The first-order valence-corrected chi connectivity index (χ1v) is 6.88. The van der Waals surface area contributed by atoms with Gasteiger partial charge in [-0.05, 0) is 18.2 Å². The van der Waals surface area contributed by atoms with Crippen LogP contribution < -0.4 is 10.5 Å². The summed E-state index contributed by atoms with van der Waals surface area (Å²) < 4.78 is 26.4. The predicted octanol–water partition coefficient (Wildman–Crippen LogP) is 1.12. The molecule has 96 valence electrons. The second-order valence-electron chi connectivity index (χ2n) is 3.55. The fourth-order valence-corrected chi connectivity index (χ4v) is 2.91. The maximum Gasteiger partial charge on any atom is 0.242 e. The van der Waals surface area contributed by atoms with E-state index < -0.39 is 10.0 Å². The van der Waals surface area contributed by atoms with Crippen molar-refractivity contribution in [3.8, 4) is 0 Å². The van der Waals surface area contributed by atoms with Crippen LogP contribution in [-0.4, -0.2) is 18.4 Å². The van der Waals surface area contributed by atoms with Crippen LogP contribution in [0.15, 0.2) is 35.5 Å². The summed E-state index contributed by atoms with van der Waals surface area (Å²) in [6.45, 7) is 0.0655. The Kier molecular flexibility index (Phi) is 3.55. The number of aromatic nitrogens is 2. The van der Waals surface area contributed by atoms with E-state index in [1.54, 1.807) is 12.4 Å². The van der Waals surface area contributed by atoms with Crippen molar-refractivity contribution in [3.05, 3.63) is 41.4 Å². The van der Waals surface area contributed by atoms with E-state index in [0.29, 0.717) is 11.5 Å². The van der Waals surface area contributed by atoms with Gasteiger partial charge in [-0.15, -0.1) is 0 Å². The molecule has 0 saturated heterocycles. The molecule has 8 heteroatoms. The first-order chi connectivity index (χ1) is 8.49. The fraction of sp³-hybridized carbons (Fsp3) is 0.100. The number of anilines is 1. The number of imidazole rings is 1. The summed E-state index contributed by atoms with van der Waals surface area (Å²) in [4.78, 5) is 6.70. The van der Waals surface area contributed by atoms with Gasteiger partial charge in [0, 0.05) is 18.1 Å². The van der Waals surface area contributed by atoms with Gasteiger partial charge in [-0.3, -0.25) is 0 Å². The van der Waals surface area contributed by atoms with Gasteiger partial charge < -0.3 is 10.7 Å². The molecule has 0 spiro atoms. The van der Waals surface area contributed by atoms with Crippen molar-refractivity contribution < 1.29 is 8.42 Å². The van der Waals surface area contributed by atoms with Crippen LogP contribution in [0.5, 0.6) is 0 Å². The number of sulfonamides is 1. The number of hydrogen-bond acceptors (Lipinski definition) is 4. The fourth-order valence-electron chi connectivity index (χ4n) is 1.37. The van der Waals surface area contributed by atoms with Crippen molar-refractivity contribution in [2.24, 2.45) is 0 Å². The van der Waals surface area contributed by atoms with Gasteiger partial charge in [0.15, 0.2) is 0 Å². The number of H-pyrrole nitrogens is 1. The first kappa shape index (κ1) is 12.9. The number of nitrogens with zero attached hydrogens (tertiary/aromatic N) is 1. The smallest absolute Gasteiger partial charge is 0.242 e. The molecule has 0 aliphatic heterocycles. The molecule has 4 N–H and O–H groups in total. The number of rotatable bonds is 4. The third kappa shape index (κ3) is 2.81. The zero-order chi connectivity index (χ0) is 13.2. The predicted molar refractivity (Wildman–Crippen MR) is 68.5 cm³/mol. The number of halogens is 1. The summed E-state index contributed by atoms with van der Waals surface area (Å²) >= 11 is 5.85. The summed E-state index contributed by atoms with van der Waals surface area (Å²) in [5, 5.41) is 0.0851. The molecule has 1 heterocycles. The second kappa shape index (κ2) is 4.97. The van der Waals surface area contributed by atoms with E-state index in [4.69, 9.17) is 17.3 Å². The molecule has 0 fully saturated rings. The van der Waals surface area contributed by atoms with E-state index in [0.717, 1.165) is 0 Å². The number of aromatic amines is 1. The molecular weight excluding hydrogens is 276 g/mol. The number of nitrogens with two attached hydrogens (primary N) is 1. The van der Waals surface area contributed by atoms with Gasteiger partial charge in [0.05, 0.1) is 11.6 Å². The SMILES string of the molecule is Nc1ccc(S(=O)(=O)NCc2ncc[nH]2)c(Cl)c1. The van der Waals surface area contributed by atoms with Crippen molar-refractivity contribution >= 4 is 27.3 Å². The van der Waals surface area contributed by atoms with Gasteiger partial charge in [0.25, 0.3) is 0 Å². The minimum Gasteiger partial charge on any atom is -0.399 e. The lowest BCUT2D eigenvalue weighted by Gasteiger charge is -2.07. The quantitative estimate of drug-likeness (QED) is 0.733.